The van der Waals surface area contributed by atoms with Gasteiger partial charge in [0.1, 0.15) is 0 Å². The van der Waals surface area contributed by atoms with Crippen LogP contribution in [0.2, 0.25) is 0 Å². The Morgan fingerprint density at radius 3 is 2.88 bits per heavy atom. The van der Waals surface area contributed by atoms with Crippen LogP contribution in [0.25, 0.3) is 0 Å². The van der Waals surface area contributed by atoms with Gasteiger partial charge >= 0.3 is 0 Å². The van der Waals surface area contributed by atoms with Crippen LogP contribution in [0.15, 0.2) is 30.3 Å². The highest BCUT2D eigenvalue weighted by molar-refractivity contribution is 5.93. The molecule has 3 atom stereocenters. The maximum Gasteiger partial charge on any atom is 0.231 e. The minimum Gasteiger partial charge on any atom is -0.334 e. The average Bonchev–Trinajstić information content (AvgIpc) is 3.13. The van der Waals surface area contributed by atoms with Crippen LogP contribution >= 0.6 is 0 Å². The third-order valence-corrected chi connectivity index (χ3v) is 5.01. The van der Waals surface area contributed by atoms with E-state index in [0.29, 0.717) is 11.9 Å². The number of rotatable bonds is 2. The zero-order valence-corrected chi connectivity index (χ0v) is 9.93. The quantitative estimate of drug-likeness (QED) is 0.711. The standard InChI is InChI=1S/C15H17NO/c17-14-15-9-12(15)7-4-8-13(15)16(14)10-11-5-2-1-3-6-11/h1-3,5-6,12-13H,4,7-10H2/t12-,13+,15-/m1/s1. The fraction of sp³-hybridized carbons (Fsp3) is 0.533. The number of likely N-dealkylation sites (tertiary alicyclic amines) is 1. The SMILES string of the molecule is O=C1N(Cc2ccccc2)[C@H]2CCC[C@@H]3C[C@@]132. The highest BCUT2D eigenvalue weighted by Crippen LogP contribution is 2.68. The summed E-state index contributed by atoms with van der Waals surface area (Å²) in [5.74, 6) is 1.18. The topological polar surface area (TPSA) is 20.3 Å². The van der Waals surface area contributed by atoms with Crippen LogP contribution < -0.4 is 0 Å². The van der Waals surface area contributed by atoms with E-state index in [2.05, 4.69) is 29.2 Å². The molecule has 1 aromatic carbocycles. The van der Waals surface area contributed by atoms with E-state index in [1.165, 1.54) is 31.2 Å². The first-order valence-electron chi connectivity index (χ1n) is 6.67. The predicted octanol–water partition coefficient (Wildman–Crippen LogP) is 2.59. The van der Waals surface area contributed by atoms with Crippen LogP contribution in [-0.2, 0) is 11.3 Å². The average molecular weight is 227 g/mol. The van der Waals surface area contributed by atoms with Crippen molar-refractivity contribution >= 4 is 5.91 Å². The second-order valence-corrected chi connectivity index (χ2v) is 5.81. The zero-order valence-electron chi connectivity index (χ0n) is 9.93. The summed E-state index contributed by atoms with van der Waals surface area (Å²) in [6.45, 7) is 0.818. The number of nitrogens with zero attached hydrogens (tertiary/aromatic N) is 1. The van der Waals surface area contributed by atoms with Crippen LogP contribution in [0.5, 0.6) is 0 Å². The summed E-state index contributed by atoms with van der Waals surface area (Å²) in [5, 5.41) is 0. The van der Waals surface area contributed by atoms with E-state index in [4.69, 9.17) is 0 Å². The Bertz CT molecular complexity index is 469. The van der Waals surface area contributed by atoms with Gasteiger partial charge in [0.15, 0.2) is 0 Å². The molecule has 88 valence electrons. The van der Waals surface area contributed by atoms with E-state index in [9.17, 15) is 4.79 Å². The summed E-state index contributed by atoms with van der Waals surface area (Å²) < 4.78 is 0. The maximum atomic E-state index is 12.3. The molecule has 0 bridgehead atoms. The Morgan fingerprint density at radius 2 is 2.06 bits per heavy atom. The van der Waals surface area contributed by atoms with Crippen LogP contribution in [0.4, 0.5) is 0 Å². The van der Waals surface area contributed by atoms with Gasteiger partial charge in [-0.05, 0) is 30.7 Å². The molecule has 0 N–H and O–H groups in total. The van der Waals surface area contributed by atoms with Crippen molar-refractivity contribution in [3.8, 4) is 0 Å². The number of amides is 1. The van der Waals surface area contributed by atoms with Crippen molar-refractivity contribution in [1.82, 2.24) is 4.90 Å². The summed E-state index contributed by atoms with van der Waals surface area (Å²) in [7, 11) is 0. The fourth-order valence-corrected chi connectivity index (χ4v) is 4.07. The van der Waals surface area contributed by atoms with Gasteiger partial charge in [-0.2, -0.15) is 0 Å². The maximum absolute atomic E-state index is 12.3. The van der Waals surface area contributed by atoms with Gasteiger partial charge in [0.05, 0.1) is 5.41 Å². The number of hydrogen-bond donors (Lipinski definition) is 0. The van der Waals surface area contributed by atoms with Gasteiger partial charge in [0, 0.05) is 12.6 Å². The molecule has 1 aliphatic heterocycles. The Balaban J connectivity index is 1.55. The van der Waals surface area contributed by atoms with Crippen LogP contribution in [0.3, 0.4) is 0 Å². The first-order chi connectivity index (χ1) is 8.32. The molecule has 17 heavy (non-hydrogen) atoms. The second kappa shape index (κ2) is 3.12. The third kappa shape index (κ3) is 1.13. The monoisotopic (exact) mass is 227 g/mol. The van der Waals surface area contributed by atoms with Gasteiger partial charge in [0.2, 0.25) is 5.91 Å². The molecule has 3 fully saturated rings. The van der Waals surface area contributed by atoms with E-state index in [1.54, 1.807) is 0 Å². The molecule has 1 spiro atoms. The normalized spacial score (nSPS) is 38.1. The molecule has 1 amide bonds. The van der Waals surface area contributed by atoms with Crippen LogP contribution in [-0.4, -0.2) is 16.8 Å². The number of carbonyl (C=O) groups excluding carboxylic acids is 1. The van der Waals surface area contributed by atoms with Gasteiger partial charge < -0.3 is 4.90 Å². The third-order valence-electron chi connectivity index (χ3n) is 5.01. The Morgan fingerprint density at radius 1 is 1.24 bits per heavy atom. The van der Waals surface area contributed by atoms with E-state index >= 15 is 0 Å². The fourth-order valence-electron chi connectivity index (χ4n) is 4.07. The lowest BCUT2D eigenvalue weighted by molar-refractivity contribution is -0.165. The Hall–Kier alpha value is -1.31. The second-order valence-electron chi connectivity index (χ2n) is 5.81. The number of β-lactam (4-membered cyclic amide) rings is 1. The van der Waals surface area contributed by atoms with E-state index in [1.807, 2.05) is 6.07 Å². The summed E-state index contributed by atoms with van der Waals surface area (Å²) in [6.07, 6.45) is 5.02. The van der Waals surface area contributed by atoms with Crippen molar-refractivity contribution < 1.29 is 4.79 Å². The lowest BCUT2D eigenvalue weighted by Crippen LogP contribution is -2.63. The molecular formula is C15H17NO. The molecule has 1 heterocycles. The van der Waals surface area contributed by atoms with Crippen molar-refractivity contribution in [2.24, 2.45) is 11.3 Å². The molecule has 0 radical (unpaired) electrons. The summed E-state index contributed by atoms with van der Waals surface area (Å²) in [6, 6.07) is 10.9. The van der Waals surface area contributed by atoms with Crippen LogP contribution in [0.1, 0.15) is 31.2 Å². The first-order valence-corrected chi connectivity index (χ1v) is 6.67. The number of carbonyl (C=O) groups is 1. The highest BCUT2D eigenvalue weighted by Gasteiger charge is 2.74. The van der Waals surface area contributed by atoms with Crippen molar-refractivity contribution in [3.63, 3.8) is 0 Å². The first kappa shape index (κ1) is 9.69. The molecule has 1 aromatic rings. The van der Waals surface area contributed by atoms with Crippen molar-refractivity contribution in [1.29, 1.82) is 0 Å². The van der Waals surface area contributed by atoms with Gasteiger partial charge in [-0.15, -0.1) is 0 Å². The minimum atomic E-state index is 0.132. The van der Waals surface area contributed by atoms with Gasteiger partial charge in [-0.3, -0.25) is 4.79 Å². The largest absolute Gasteiger partial charge is 0.334 e. The molecule has 4 rings (SSSR count). The molecule has 2 aliphatic carbocycles. The Labute approximate surface area is 102 Å². The molecule has 3 aliphatic rings. The molecular weight excluding hydrogens is 210 g/mol. The molecule has 0 aromatic heterocycles. The lowest BCUT2D eigenvalue weighted by atomic mass is 9.74. The zero-order chi connectivity index (χ0) is 11.5. The van der Waals surface area contributed by atoms with Gasteiger partial charge in [0.25, 0.3) is 0 Å². The smallest absolute Gasteiger partial charge is 0.231 e. The number of hydrogen-bond acceptors (Lipinski definition) is 1. The van der Waals surface area contributed by atoms with E-state index < -0.39 is 0 Å². The highest BCUT2D eigenvalue weighted by atomic mass is 16.2. The molecule has 2 saturated carbocycles. The van der Waals surface area contributed by atoms with Crippen molar-refractivity contribution in [2.75, 3.05) is 0 Å². The van der Waals surface area contributed by atoms with Crippen molar-refractivity contribution in [2.45, 2.75) is 38.3 Å². The Kier molecular flexibility index (Phi) is 1.78. The van der Waals surface area contributed by atoms with E-state index in [0.717, 1.165) is 12.5 Å². The molecule has 2 heteroatoms. The van der Waals surface area contributed by atoms with Gasteiger partial charge in [-0.25, -0.2) is 0 Å². The van der Waals surface area contributed by atoms with E-state index in [-0.39, 0.29) is 5.41 Å². The van der Waals surface area contributed by atoms with Crippen LogP contribution in [0, 0.1) is 11.3 Å². The lowest BCUT2D eigenvalue weighted by Gasteiger charge is -2.51. The number of benzene rings is 1. The molecule has 0 unspecified atom stereocenters. The molecule has 1 saturated heterocycles. The van der Waals surface area contributed by atoms with Crippen molar-refractivity contribution in [3.05, 3.63) is 35.9 Å². The summed E-state index contributed by atoms with van der Waals surface area (Å²) in [5.41, 5.74) is 1.39. The van der Waals surface area contributed by atoms with Gasteiger partial charge in [-0.1, -0.05) is 36.8 Å². The summed E-state index contributed by atoms with van der Waals surface area (Å²) >= 11 is 0. The minimum absolute atomic E-state index is 0.132. The summed E-state index contributed by atoms with van der Waals surface area (Å²) in [4.78, 5) is 14.4. The molecule has 2 nitrogen and oxygen atoms in total. The predicted molar refractivity (Wildman–Crippen MR) is 65.2 cm³/mol.